The van der Waals surface area contributed by atoms with Gasteiger partial charge in [0.05, 0.1) is 5.69 Å². The molecule has 0 amide bonds. The van der Waals surface area contributed by atoms with Crippen LogP contribution in [0.3, 0.4) is 0 Å². The minimum atomic E-state index is 1.04. The Morgan fingerprint density at radius 2 is 1.70 bits per heavy atom. The van der Waals surface area contributed by atoms with Crippen LogP contribution in [0.15, 0.2) is 85.3 Å². The van der Waals surface area contributed by atoms with E-state index in [1.165, 1.54) is 27.1 Å². The summed E-state index contributed by atoms with van der Waals surface area (Å²) in [7, 11) is 0. The summed E-state index contributed by atoms with van der Waals surface area (Å²) in [4.78, 5) is 4.63. The second kappa shape index (κ2) is 4.68. The molecule has 0 radical (unpaired) electrons. The first-order valence-corrected chi connectivity index (χ1v) is 7.73. The van der Waals surface area contributed by atoms with Crippen molar-refractivity contribution in [3.63, 3.8) is 0 Å². The van der Waals surface area contributed by atoms with E-state index in [-0.39, 0.29) is 0 Å². The Kier molecular flexibility index (Phi) is 2.53. The lowest BCUT2D eigenvalue weighted by Crippen LogP contribution is -1.87. The number of hydrogen-bond donors (Lipinski definition) is 0. The minimum Gasteiger partial charge on any atom is -0.323 e. The van der Waals surface area contributed by atoms with Crippen LogP contribution in [0.2, 0.25) is 0 Å². The Hall–Kier alpha value is -3.13. The molecule has 0 aliphatic rings. The summed E-state index contributed by atoms with van der Waals surface area (Å²) in [5, 5.41) is 4.89. The van der Waals surface area contributed by atoms with Gasteiger partial charge in [-0.25, -0.2) is 0 Å². The second-order valence-corrected chi connectivity index (χ2v) is 5.84. The summed E-state index contributed by atoms with van der Waals surface area (Å²) in [6, 6.07) is 23.5. The summed E-state index contributed by atoms with van der Waals surface area (Å²) >= 11 is 0. The van der Waals surface area contributed by atoms with Gasteiger partial charge in [0.2, 0.25) is 0 Å². The molecule has 5 rings (SSSR count). The van der Waals surface area contributed by atoms with Gasteiger partial charge in [-0.2, -0.15) is 0 Å². The van der Waals surface area contributed by atoms with Gasteiger partial charge in [-0.05, 0) is 46.5 Å². The lowest BCUT2D eigenvalue weighted by atomic mass is 10.0. The molecule has 108 valence electrons. The third-order valence-electron chi connectivity index (χ3n) is 4.43. The predicted octanol–water partition coefficient (Wildman–Crippen LogP) is 5.31. The topological polar surface area (TPSA) is 17.3 Å². The number of hydrogen-bond acceptors (Lipinski definition) is 1. The molecule has 0 saturated heterocycles. The number of rotatable bonds is 1. The second-order valence-electron chi connectivity index (χ2n) is 5.84. The van der Waals surface area contributed by atoms with E-state index >= 15 is 0 Å². The molecule has 0 bridgehead atoms. The first-order valence-electron chi connectivity index (χ1n) is 7.73. The van der Waals surface area contributed by atoms with Crippen LogP contribution in [0.1, 0.15) is 0 Å². The van der Waals surface area contributed by atoms with Gasteiger partial charge < -0.3 is 4.40 Å². The fraction of sp³-hybridized carbons (Fsp3) is 0. The maximum absolute atomic E-state index is 4.63. The maximum atomic E-state index is 4.63. The van der Waals surface area contributed by atoms with Crippen molar-refractivity contribution >= 4 is 27.1 Å². The first kappa shape index (κ1) is 12.4. The summed E-state index contributed by atoms with van der Waals surface area (Å²) < 4.78 is 2.15. The van der Waals surface area contributed by atoms with E-state index in [2.05, 4.69) is 88.5 Å². The molecule has 0 aliphatic carbocycles. The molecule has 5 aromatic rings. The molecule has 3 aromatic heterocycles. The van der Waals surface area contributed by atoms with Crippen LogP contribution in [0.25, 0.3) is 38.3 Å². The molecule has 2 heteroatoms. The van der Waals surface area contributed by atoms with Gasteiger partial charge in [-0.1, -0.05) is 36.4 Å². The lowest BCUT2D eigenvalue weighted by Gasteiger charge is -2.08. The van der Waals surface area contributed by atoms with Gasteiger partial charge >= 0.3 is 0 Å². The average molecular weight is 294 g/mol. The van der Waals surface area contributed by atoms with E-state index in [9.17, 15) is 0 Å². The number of fused-ring (bicyclic) bond motifs is 3. The van der Waals surface area contributed by atoms with E-state index in [1.807, 2.05) is 6.20 Å². The summed E-state index contributed by atoms with van der Waals surface area (Å²) in [6.45, 7) is 0. The van der Waals surface area contributed by atoms with Crippen LogP contribution in [0, 0.1) is 0 Å². The third-order valence-corrected chi connectivity index (χ3v) is 4.43. The smallest absolute Gasteiger partial charge is 0.0780 e. The van der Waals surface area contributed by atoms with Crippen molar-refractivity contribution in [2.45, 2.75) is 0 Å². The molecular weight excluding hydrogens is 280 g/mol. The van der Waals surface area contributed by atoms with Gasteiger partial charge in [0.25, 0.3) is 0 Å². The van der Waals surface area contributed by atoms with Crippen LogP contribution >= 0.6 is 0 Å². The molecule has 3 heterocycles. The van der Waals surface area contributed by atoms with Crippen molar-refractivity contribution in [3.8, 4) is 11.3 Å². The third kappa shape index (κ3) is 1.92. The van der Waals surface area contributed by atoms with Crippen LogP contribution in [0.5, 0.6) is 0 Å². The van der Waals surface area contributed by atoms with E-state index in [1.54, 1.807) is 0 Å². The molecule has 0 unspecified atom stereocenters. The van der Waals surface area contributed by atoms with Gasteiger partial charge in [-0.15, -0.1) is 0 Å². The van der Waals surface area contributed by atoms with Crippen molar-refractivity contribution in [1.82, 2.24) is 9.38 Å². The van der Waals surface area contributed by atoms with Gasteiger partial charge in [0.1, 0.15) is 0 Å². The highest BCUT2D eigenvalue weighted by molar-refractivity contribution is 5.97. The Morgan fingerprint density at radius 1 is 0.739 bits per heavy atom. The first-order chi connectivity index (χ1) is 11.4. The zero-order valence-corrected chi connectivity index (χ0v) is 12.5. The normalized spacial score (nSPS) is 11.5. The van der Waals surface area contributed by atoms with E-state index < -0.39 is 0 Å². The molecule has 2 aromatic carbocycles. The van der Waals surface area contributed by atoms with Gasteiger partial charge in [0.15, 0.2) is 0 Å². The molecule has 0 saturated carbocycles. The predicted molar refractivity (Wildman–Crippen MR) is 95.6 cm³/mol. The standard InChI is InChI=1S/C21H14N2/c1-2-6-20-15(4-1)9-10-22-21(20)16-7-8-17-14-23-11-3-5-19(23)13-18(17)12-16/h1-14H. The van der Waals surface area contributed by atoms with Crippen molar-refractivity contribution in [1.29, 1.82) is 0 Å². The highest BCUT2D eigenvalue weighted by atomic mass is 14.8. The summed E-state index contributed by atoms with van der Waals surface area (Å²) in [5.74, 6) is 0. The zero-order chi connectivity index (χ0) is 15.2. The SMILES string of the molecule is c1ccc2c(-c3ccc4cn5cccc5cc4c3)nccc2c1. The largest absolute Gasteiger partial charge is 0.323 e. The van der Waals surface area contributed by atoms with Crippen LogP contribution < -0.4 is 0 Å². The number of nitrogens with zero attached hydrogens (tertiary/aromatic N) is 2. The van der Waals surface area contributed by atoms with Crippen molar-refractivity contribution < 1.29 is 0 Å². The maximum Gasteiger partial charge on any atom is 0.0780 e. The number of benzene rings is 2. The van der Waals surface area contributed by atoms with Crippen LogP contribution in [-0.4, -0.2) is 9.38 Å². The quantitative estimate of drug-likeness (QED) is 0.409. The van der Waals surface area contributed by atoms with Gasteiger partial charge in [-0.3, -0.25) is 4.98 Å². The molecule has 0 atom stereocenters. The molecule has 23 heavy (non-hydrogen) atoms. The molecule has 0 spiro atoms. The van der Waals surface area contributed by atoms with Crippen molar-refractivity contribution in [2.24, 2.45) is 0 Å². The Labute approximate surface area is 133 Å². The monoisotopic (exact) mass is 294 g/mol. The van der Waals surface area contributed by atoms with Crippen LogP contribution in [-0.2, 0) is 0 Å². The molecule has 0 aliphatic heterocycles. The fourth-order valence-corrected chi connectivity index (χ4v) is 3.27. The highest BCUT2D eigenvalue weighted by Gasteiger charge is 2.06. The fourth-order valence-electron chi connectivity index (χ4n) is 3.27. The highest BCUT2D eigenvalue weighted by Crippen LogP contribution is 2.29. The summed E-state index contributed by atoms with van der Waals surface area (Å²) in [5.41, 5.74) is 3.41. The molecular formula is C21H14N2. The Morgan fingerprint density at radius 3 is 2.70 bits per heavy atom. The van der Waals surface area contributed by atoms with E-state index in [0.29, 0.717) is 0 Å². The van der Waals surface area contributed by atoms with Gasteiger partial charge in [0, 0.05) is 35.1 Å². The van der Waals surface area contributed by atoms with E-state index in [0.717, 1.165) is 11.3 Å². The Bertz CT molecular complexity index is 1160. The average Bonchev–Trinajstić information content (AvgIpc) is 3.06. The molecule has 2 nitrogen and oxygen atoms in total. The Balaban J connectivity index is 1.80. The molecule has 0 fully saturated rings. The minimum absolute atomic E-state index is 1.04. The number of pyridine rings is 2. The molecule has 0 N–H and O–H groups in total. The summed E-state index contributed by atoms with van der Waals surface area (Å²) in [6.07, 6.45) is 6.14. The number of aromatic nitrogens is 2. The van der Waals surface area contributed by atoms with Crippen molar-refractivity contribution in [3.05, 3.63) is 85.3 Å². The zero-order valence-electron chi connectivity index (χ0n) is 12.5. The van der Waals surface area contributed by atoms with Crippen molar-refractivity contribution in [2.75, 3.05) is 0 Å². The van der Waals surface area contributed by atoms with E-state index in [4.69, 9.17) is 0 Å². The lowest BCUT2D eigenvalue weighted by molar-refractivity contribution is 1.22. The van der Waals surface area contributed by atoms with Crippen LogP contribution in [0.4, 0.5) is 0 Å².